The van der Waals surface area contributed by atoms with Crippen LogP contribution in [0.2, 0.25) is 0 Å². The number of hydrogen-bond acceptors (Lipinski definition) is 2. The van der Waals surface area contributed by atoms with Crippen LogP contribution in [0.15, 0.2) is 18.2 Å². The van der Waals surface area contributed by atoms with E-state index in [1.165, 1.54) is 12.1 Å². The van der Waals surface area contributed by atoms with Crippen LogP contribution in [0.5, 0.6) is 5.75 Å². The van der Waals surface area contributed by atoms with E-state index < -0.39 is 11.6 Å². The third kappa shape index (κ3) is 6.01. The lowest BCUT2D eigenvalue weighted by molar-refractivity contribution is 0.281. The highest BCUT2D eigenvalue weighted by Gasteiger charge is 2.07. The molecule has 1 rings (SSSR count). The molecule has 2 nitrogen and oxygen atoms in total. The van der Waals surface area contributed by atoms with E-state index in [9.17, 15) is 8.78 Å². The molecular weight excluding hydrogens is 248 g/mol. The van der Waals surface area contributed by atoms with Crippen LogP contribution in [0.3, 0.4) is 0 Å². The first-order chi connectivity index (χ1) is 9.17. The number of nitrogens with one attached hydrogen (secondary N) is 1. The molecule has 0 amide bonds. The van der Waals surface area contributed by atoms with Gasteiger partial charge in [0.25, 0.3) is 0 Å². The molecule has 19 heavy (non-hydrogen) atoms. The normalized spacial score (nSPS) is 12.4. The molecule has 0 aromatic heterocycles. The number of halogens is 2. The fraction of sp³-hybridized carbons (Fsp3) is 0.600. The van der Waals surface area contributed by atoms with Gasteiger partial charge in [0, 0.05) is 12.1 Å². The van der Waals surface area contributed by atoms with Crippen molar-refractivity contribution in [1.29, 1.82) is 0 Å². The third-order valence-corrected chi connectivity index (χ3v) is 3.02. The fourth-order valence-corrected chi connectivity index (χ4v) is 1.90. The molecule has 1 atom stereocenters. The maximum Gasteiger partial charge on any atom is 0.167 e. The lowest BCUT2D eigenvalue weighted by Crippen LogP contribution is -2.29. The lowest BCUT2D eigenvalue weighted by Gasteiger charge is -2.16. The van der Waals surface area contributed by atoms with Crippen molar-refractivity contribution in [2.45, 2.75) is 45.6 Å². The monoisotopic (exact) mass is 271 g/mol. The second kappa shape index (κ2) is 8.86. The third-order valence-electron chi connectivity index (χ3n) is 3.02. The SMILES string of the molecule is CCCNC(CC)CCCOc1ccc(F)cc1F. The largest absolute Gasteiger partial charge is 0.491 e. The molecule has 1 aromatic carbocycles. The number of benzene rings is 1. The fourth-order valence-electron chi connectivity index (χ4n) is 1.90. The summed E-state index contributed by atoms with van der Waals surface area (Å²) in [4.78, 5) is 0. The Bertz CT molecular complexity index is 371. The summed E-state index contributed by atoms with van der Waals surface area (Å²) < 4.78 is 31.3. The van der Waals surface area contributed by atoms with E-state index in [0.29, 0.717) is 12.6 Å². The second-order valence-corrected chi connectivity index (χ2v) is 4.62. The van der Waals surface area contributed by atoms with Crippen molar-refractivity contribution in [1.82, 2.24) is 5.32 Å². The van der Waals surface area contributed by atoms with Gasteiger partial charge in [-0.25, -0.2) is 8.78 Å². The number of ether oxygens (including phenoxy) is 1. The van der Waals surface area contributed by atoms with Crippen LogP contribution in [0.4, 0.5) is 8.78 Å². The Hall–Kier alpha value is -1.16. The minimum Gasteiger partial charge on any atom is -0.491 e. The Labute approximate surface area is 114 Å². The van der Waals surface area contributed by atoms with Crippen molar-refractivity contribution in [3.63, 3.8) is 0 Å². The summed E-state index contributed by atoms with van der Waals surface area (Å²) >= 11 is 0. The van der Waals surface area contributed by atoms with Gasteiger partial charge in [-0.3, -0.25) is 0 Å². The van der Waals surface area contributed by atoms with Gasteiger partial charge in [-0.05, 0) is 44.4 Å². The van der Waals surface area contributed by atoms with Gasteiger partial charge in [0.15, 0.2) is 11.6 Å². The van der Waals surface area contributed by atoms with Gasteiger partial charge >= 0.3 is 0 Å². The van der Waals surface area contributed by atoms with Crippen LogP contribution < -0.4 is 10.1 Å². The zero-order valence-electron chi connectivity index (χ0n) is 11.7. The van der Waals surface area contributed by atoms with Crippen LogP contribution in [0, 0.1) is 11.6 Å². The average molecular weight is 271 g/mol. The molecule has 108 valence electrons. The first-order valence-corrected chi connectivity index (χ1v) is 6.98. The summed E-state index contributed by atoms with van der Waals surface area (Å²) in [6.07, 6.45) is 4.05. The van der Waals surface area contributed by atoms with Crippen molar-refractivity contribution in [3.8, 4) is 5.75 Å². The van der Waals surface area contributed by atoms with Gasteiger partial charge in [-0.2, -0.15) is 0 Å². The van der Waals surface area contributed by atoms with Crippen molar-refractivity contribution in [2.24, 2.45) is 0 Å². The highest BCUT2D eigenvalue weighted by atomic mass is 19.1. The molecule has 0 aliphatic heterocycles. The van der Waals surface area contributed by atoms with Crippen LogP contribution in [0.25, 0.3) is 0 Å². The number of hydrogen-bond donors (Lipinski definition) is 1. The molecule has 0 saturated heterocycles. The molecule has 0 heterocycles. The predicted octanol–water partition coefficient (Wildman–Crippen LogP) is 3.90. The highest BCUT2D eigenvalue weighted by Crippen LogP contribution is 2.18. The Kier molecular flexibility index (Phi) is 7.41. The Balaban J connectivity index is 2.26. The second-order valence-electron chi connectivity index (χ2n) is 4.62. The van der Waals surface area contributed by atoms with Crippen LogP contribution in [0.1, 0.15) is 39.5 Å². The quantitative estimate of drug-likeness (QED) is 0.688. The molecular formula is C15H23F2NO. The van der Waals surface area contributed by atoms with Crippen molar-refractivity contribution < 1.29 is 13.5 Å². The Morgan fingerprint density at radius 3 is 2.68 bits per heavy atom. The molecule has 0 spiro atoms. The molecule has 0 aliphatic rings. The van der Waals surface area contributed by atoms with E-state index in [4.69, 9.17) is 4.74 Å². The summed E-state index contributed by atoms with van der Waals surface area (Å²) in [7, 11) is 0. The van der Waals surface area contributed by atoms with Crippen LogP contribution in [-0.2, 0) is 0 Å². The molecule has 4 heteroatoms. The first kappa shape index (κ1) is 15.9. The van der Waals surface area contributed by atoms with Crippen LogP contribution >= 0.6 is 0 Å². The smallest absolute Gasteiger partial charge is 0.167 e. The molecule has 1 aromatic rings. The topological polar surface area (TPSA) is 21.3 Å². The van der Waals surface area contributed by atoms with E-state index >= 15 is 0 Å². The summed E-state index contributed by atoms with van der Waals surface area (Å²) in [6.45, 7) is 5.76. The minimum absolute atomic E-state index is 0.121. The zero-order chi connectivity index (χ0) is 14.1. The first-order valence-electron chi connectivity index (χ1n) is 6.98. The molecule has 0 saturated carbocycles. The minimum atomic E-state index is -0.642. The molecule has 1 N–H and O–H groups in total. The van der Waals surface area contributed by atoms with Gasteiger partial charge in [0.1, 0.15) is 5.82 Å². The molecule has 0 bridgehead atoms. The maximum absolute atomic E-state index is 13.3. The van der Waals surface area contributed by atoms with E-state index in [0.717, 1.165) is 38.3 Å². The highest BCUT2D eigenvalue weighted by molar-refractivity contribution is 5.24. The summed E-state index contributed by atoms with van der Waals surface area (Å²) in [5, 5.41) is 3.46. The maximum atomic E-state index is 13.3. The Morgan fingerprint density at radius 1 is 1.26 bits per heavy atom. The molecule has 0 aliphatic carbocycles. The van der Waals surface area contributed by atoms with Crippen molar-refractivity contribution in [2.75, 3.05) is 13.2 Å². The average Bonchev–Trinajstić information content (AvgIpc) is 2.40. The Morgan fingerprint density at radius 2 is 2.05 bits per heavy atom. The van der Waals surface area contributed by atoms with E-state index in [1.807, 2.05) is 0 Å². The van der Waals surface area contributed by atoms with E-state index in [2.05, 4.69) is 19.2 Å². The molecule has 1 unspecified atom stereocenters. The predicted molar refractivity (Wildman–Crippen MR) is 73.5 cm³/mol. The van der Waals surface area contributed by atoms with Crippen molar-refractivity contribution >= 4 is 0 Å². The van der Waals surface area contributed by atoms with Gasteiger partial charge in [0.05, 0.1) is 6.61 Å². The molecule has 0 fully saturated rings. The van der Waals surface area contributed by atoms with Crippen molar-refractivity contribution in [3.05, 3.63) is 29.8 Å². The number of rotatable bonds is 9. The van der Waals surface area contributed by atoms with Gasteiger partial charge in [0.2, 0.25) is 0 Å². The lowest BCUT2D eigenvalue weighted by atomic mass is 10.1. The standard InChI is InChI=1S/C15H23F2NO/c1-3-9-18-13(4-2)6-5-10-19-15-8-7-12(16)11-14(15)17/h7-8,11,13,18H,3-6,9-10H2,1-2H3. The zero-order valence-corrected chi connectivity index (χ0v) is 11.7. The summed E-state index contributed by atoms with van der Waals surface area (Å²) in [5.41, 5.74) is 0. The summed E-state index contributed by atoms with van der Waals surface area (Å²) in [5.74, 6) is -1.10. The van der Waals surface area contributed by atoms with Gasteiger partial charge in [-0.15, -0.1) is 0 Å². The van der Waals surface area contributed by atoms with Gasteiger partial charge < -0.3 is 10.1 Å². The van der Waals surface area contributed by atoms with Crippen LogP contribution in [-0.4, -0.2) is 19.2 Å². The summed E-state index contributed by atoms with van der Waals surface area (Å²) in [6, 6.07) is 3.86. The van der Waals surface area contributed by atoms with Gasteiger partial charge in [-0.1, -0.05) is 13.8 Å². The van der Waals surface area contributed by atoms with E-state index in [1.54, 1.807) is 0 Å². The molecule has 0 radical (unpaired) electrons. The van der Waals surface area contributed by atoms with E-state index in [-0.39, 0.29) is 5.75 Å².